The predicted molar refractivity (Wildman–Crippen MR) is 104 cm³/mol. The Morgan fingerprint density at radius 3 is 2.76 bits per heavy atom. The van der Waals surface area contributed by atoms with Gasteiger partial charge in [0.1, 0.15) is 10.5 Å². The third kappa shape index (κ3) is 2.67. The van der Waals surface area contributed by atoms with Gasteiger partial charge in [-0.1, -0.05) is 0 Å². The molecule has 4 aromatic rings. The topological polar surface area (TPSA) is 55.1 Å². The van der Waals surface area contributed by atoms with Crippen molar-refractivity contribution in [3.63, 3.8) is 0 Å². The molecule has 0 bridgehead atoms. The highest BCUT2D eigenvalue weighted by Gasteiger charge is 2.20. The van der Waals surface area contributed by atoms with Crippen LogP contribution in [0.25, 0.3) is 25.7 Å². The molecule has 5 heterocycles. The zero-order chi connectivity index (χ0) is 17.0. The number of rotatable bonds is 2. The molecule has 1 fully saturated rings. The molecule has 1 aliphatic rings. The number of imidazole rings is 1. The molecule has 0 radical (unpaired) electrons. The number of hydrogen-bond acceptors (Lipinski definition) is 6. The second-order valence-corrected chi connectivity index (χ2v) is 8.81. The van der Waals surface area contributed by atoms with Crippen LogP contribution in [0.3, 0.4) is 0 Å². The first kappa shape index (κ1) is 15.4. The van der Waals surface area contributed by atoms with Gasteiger partial charge >= 0.3 is 0 Å². The van der Waals surface area contributed by atoms with Crippen LogP contribution < -0.4 is 5.32 Å². The predicted octanol–water partition coefficient (Wildman–Crippen LogP) is 4.15. The molecule has 1 saturated heterocycles. The molecular formula is C18H19N5S2. The summed E-state index contributed by atoms with van der Waals surface area (Å²) in [4.78, 5) is 11.8. The van der Waals surface area contributed by atoms with Crippen LogP contribution >= 0.6 is 22.7 Å². The summed E-state index contributed by atoms with van der Waals surface area (Å²) < 4.78 is 3.18. The number of nitrogens with one attached hydrogen (secondary N) is 1. The summed E-state index contributed by atoms with van der Waals surface area (Å²) in [5, 5.41) is 9.48. The summed E-state index contributed by atoms with van der Waals surface area (Å²) >= 11 is 3.60. The van der Waals surface area contributed by atoms with Gasteiger partial charge in [-0.2, -0.15) is 5.10 Å². The summed E-state index contributed by atoms with van der Waals surface area (Å²) in [7, 11) is 0. The Balaban J connectivity index is 1.53. The first-order chi connectivity index (χ1) is 12.2. The SMILES string of the molecule is Cc1cn2nc(-c3cc4sc(C5CCNCC5)nc4s3)cc(C)c2n1. The van der Waals surface area contributed by atoms with E-state index >= 15 is 0 Å². The second-order valence-electron chi connectivity index (χ2n) is 6.72. The number of thiazole rings is 1. The van der Waals surface area contributed by atoms with Crippen molar-refractivity contribution < 1.29 is 0 Å². The van der Waals surface area contributed by atoms with E-state index in [1.807, 2.05) is 29.0 Å². The molecule has 0 atom stereocenters. The van der Waals surface area contributed by atoms with Gasteiger partial charge in [0.2, 0.25) is 0 Å². The Kier molecular flexibility index (Phi) is 3.62. The molecule has 0 amide bonds. The fourth-order valence-corrected chi connectivity index (χ4v) is 5.84. The van der Waals surface area contributed by atoms with E-state index in [0.29, 0.717) is 5.92 Å². The summed E-state index contributed by atoms with van der Waals surface area (Å²) in [5.41, 5.74) is 4.08. The molecular weight excluding hydrogens is 350 g/mol. The Morgan fingerprint density at radius 2 is 1.96 bits per heavy atom. The number of aromatic nitrogens is 4. The van der Waals surface area contributed by atoms with Gasteiger partial charge in [0.25, 0.3) is 0 Å². The van der Waals surface area contributed by atoms with Gasteiger partial charge in [0.05, 0.1) is 26.5 Å². The van der Waals surface area contributed by atoms with E-state index in [1.165, 1.54) is 27.4 Å². The lowest BCUT2D eigenvalue weighted by atomic mass is 9.99. The zero-order valence-electron chi connectivity index (χ0n) is 14.2. The quantitative estimate of drug-likeness (QED) is 0.577. The number of hydrogen-bond donors (Lipinski definition) is 1. The Labute approximate surface area is 153 Å². The molecule has 0 aromatic carbocycles. The summed E-state index contributed by atoms with van der Waals surface area (Å²) in [6, 6.07) is 4.38. The van der Waals surface area contributed by atoms with Crippen LogP contribution in [-0.2, 0) is 0 Å². The minimum Gasteiger partial charge on any atom is -0.317 e. The minimum atomic E-state index is 0.625. The molecule has 0 aliphatic carbocycles. The monoisotopic (exact) mass is 369 g/mol. The lowest BCUT2D eigenvalue weighted by molar-refractivity contribution is 0.459. The van der Waals surface area contributed by atoms with Gasteiger partial charge in [0.15, 0.2) is 5.65 Å². The van der Waals surface area contributed by atoms with Crippen LogP contribution in [-0.4, -0.2) is 32.7 Å². The molecule has 0 unspecified atom stereocenters. The van der Waals surface area contributed by atoms with E-state index in [9.17, 15) is 0 Å². The minimum absolute atomic E-state index is 0.625. The summed E-state index contributed by atoms with van der Waals surface area (Å²) in [6.07, 6.45) is 4.38. The summed E-state index contributed by atoms with van der Waals surface area (Å²) in [6.45, 7) is 6.31. The van der Waals surface area contributed by atoms with Crippen LogP contribution in [0.1, 0.15) is 35.0 Å². The van der Waals surface area contributed by atoms with Crippen LogP contribution in [0, 0.1) is 13.8 Å². The smallest absolute Gasteiger partial charge is 0.156 e. The van der Waals surface area contributed by atoms with Crippen LogP contribution in [0.4, 0.5) is 0 Å². The van der Waals surface area contributed by atoms with Gasteiger partial charge < -0.3 is 5.32 Å². The van der Waals surface area contributed by atoms with E-state index in [0.717, 1.165) is 40.5 Å². The number of piperidine rings is 1. The van der Waals surface area contributed by atoms with Crippen molar-refractivity contribution in [2.75, 3.05) is 13.1 Å². The van der Waals surface area contributed by atoms with E-state index < -0.39 is 0 Å². The van der Waals surface area contributed by atoms with E-state index in [2.05, 4.69) is 29.4 Å². The maximum Gasteiger partial charge on any atom is 0.156 e. The second kappa shape index (κ2) is 5.86. The largest absolute Gasteiger partial charge is 0.317 e. The number of aryl methyl sites for hydroxylation is 2. The average Bonchev–Trinajstić information content (AvgIpc) is 3.27. The fraction of sp³-hybridized carbons (Fsp3) is 0.389. The van der Waals surface area contributed by atoms with Gasteiger partial charge in [0, 0.05) is 5.92 Å². The Hall–Kier alpha value is -1.83. The first-order valence-electron chi connectivity index (χ1n) is 8.62. The maximum absolute atomic E-state index is 4.93. The molecule has 4 aromatic heterocycles. The van der Waals surface area contributed by atoms with Crippen LogP contribution in [0.15, 0.2) is 18.3 Å². The van der Waals surface area contributed by atoms with Crippen molar-refractivity contribution in [1.82, 2.24) is 24.9 Å². The van der Waals surface area contributed by atoms with Crippen molar-refractivity contribution in [2.24, 2.45) is 0 Å². The highest BCUT2D eigenvalue weighted by atomic mass is 32.1. The van der Waals surface area contributed by atoms with Gasteiger partial charge in [-0.25, -0.2) is 14.5 Å². The van der Waals surface area contributed by atoms with Crippen molar-refractivity contribution in [3.05, 3.63) is 34.6 Å². The molecule has 5 nitrogen and oxygen atoms in total. The maximum atomic E-state index is 4.93. The Bertz CT molecular complexity index is 1040. The van der Waals surface area contributed by atoms with E-state index in [4.69, 9.17) is 10.1 Å². The molecule has 7 heteroatoms. The van der Waals surface area contributed by atoms with Crippen molar-refractivity contribution in [3.8, 4) is 10.6 Å². The van der Waals surface area contributed by atoms with Gasteiger partial charge in [-0.15, -0.1) is 22.7 Å². The number of nitrogens with zero attached hydrogens (tertiary/aromatic N) is 4. The van der Waals surface area contributed by atoms with Crippen molar-refractivity contribution in [2.45, 2.75) is 32.6 Å². The molecule has 1 N–H and O–H groups in total. The van der Waals surface area contributed by atoms with Crippen molar-refractivity contribution in [1.29, 1.82) is 0 Å². The van der Waals surface area contributed by atoms with E-state index in [-0.39, 0.29) is 0 Å². The molecule has 1 aliphatic heterocycles. The first-order valence-corrected chi connectivity index (χ1v) is 10.3. The third-order valence-electron chi connectivity index (χ3n) is 4.78. The van der Waals surface area contributed by atoms with Crippen molar-refractivity contribution >= 4 is 37.9 Å². The number of thiophene rings is 1. The van der Waals surface area contributed by atoms with Gasteiger partial charge in [-0.3, -0.25) is 0 Å². The number of fused-ring (bicyclic) bond motifs is 2. The molecule has 25 heavy (non-hydrogen) atoms. The fourth-order valence-electron chi connectivity index (χ4n) is 3.49. The van der Waals surface area contributed by atoms with Gasteiger partial charge in [-0.05, 0) is 57.5 Å². The zero-order valence-corrected chi connectivity index (χ0v) is 15.9. The van der Waals surface area contributed by atoms with E-state index in [1.54, 1.807) is 11.3 Å². The molecule has 128 valence electrons. The molecule has 5 rings (SSSR count). The lowest BCUT2D eigenvalue weighted by Gasteiger charge is -2.20. The standard InChI is InChI=1S/C18H19N5S2/c1-10-7-13(22-23-9-11(2)20-16(10)23)14-8-15-18(24-14)21-17(25-15)12-3-5-19-6-4-12/h7-9,12,19H,3-6H2,1-2H3. The van der Waals surface area contributed by atoms with Crippen LogP contribution in [0.2, 0.25) is 0 Å². The highest BCUT2D eigenvalue weighted by molar-refractivity contribution is 7.28. The van der Waals surface area contributed by atoms with Crippen LogP contribution in [0.5, 0.6) is 0 Å². The Morgan fingerprint density at radius 1 is 1.12 bits per heavy atom. The molecule has 0 spiro atoms. The summed E-state index contributed by atoms with van der Waals surface area (Å²) in [5.74, 6) is 0.625. The molecule has 0 saturated carbocycles. The normalized spacial score (nSPS) is 16.2. The third-order valence-corrected chi connectivity index (χ3v) is 7.12. The highest BCUT2D eigenvalue weighted by Crippen LogP contribution is 2.39. The lowest BCUT2D eigenvalue weighted by Crippen LogP contribution is -2.26. The average molecular weight is 370 g/mol.